The summed E-state index contributed by atoms with van der Waals surface area (Å²) >= 11 is 1.44. The SMILES string of the molecule is CCn1cc(NC(=O)CCn2cnc3scc(-c4ccc(C)cc4)c3c2=O)ccc1=O. The highest BCUT2D eigenvalue weighted by atomic mass is 32.1. The summed E-state index contributed by atoms with van der Waals surface area (Å²) in [5.74, 6) is -0.239. The van der Waals surface area contributed by atoms with Gasteiger partial charge in [0.2, 0.25) is 5.91 Å². The third-order valence-corrected chi connectivity index (χ3v) is 6.00. The molecule has 1 aromatic carbocycles. The van der Waals surface area contributed by atoms with E-state index in [4.69, 9.17) is 0 Å². The van der Waals surface area contributed by atoms with E-state index in [0.29, 0.717) is 22.4 Å². The summed E-state index contributed by atoms with van der Waals surface area (Å²) in [6.45, 7) is 4.61. The van der Waals surface area contributed by atoms with E-state index in [9.17, 15) is 14.4 Å². The first-order valence-corrected chi connectivity index (χ1v) is 10.9. The number of amides is 1. The van der Waals surface area contributed by atoms with Gasteiger partial charge in [-0.05, 0) is 25.5 Å². The summed E-state index contributed by atoms with van der Waals surface area (Å²) in [6.07, 6.45) is 3.21. The smallest absolute Gasteiger partial charge is 0.262 e. The van der Waals surface area contributed by atoms with Crippen LogP contribution in [0.15, 0.2) is 63.9 Å². The fraction of sp³-hybridized carbons (Fsp3) is 0.217. The van der Waals surface area contributed by atoms with Gasteiger partial charge in [-0.3, -0.25) is 19.0 Å². The molecule has 1 N–H and O–H groups in total. The van der Waals surface area contributed by atoms with E-state index in [1.165, 1.54) is 32.9 Å². The lowest BCUT2D eigenvalue weighted by Crippen LogP contribution is -2.24. The number of thiophene rings is 1. The van der Waals surface area contributed by atoms with Crippen LogP contribution >= 0.6 is 11.3 Å². The maximum atomic E-state index is 13.1. The first-order chi connectivity index (χ1) is 15.0. The average molecular weight is 435 g/mol. The van der Waals surface area contributed by atoms with Gasteiger partial charge in [0.25, 0.3) is 11.1 Å². The number of aryl methyl sites for hydroxylation is 3. The molecule has 0 atom stereocenters. The fourth-order valence-corrected chi connectivity index (χ4v) is 4.28. The van der Waals surface area contributed by atoms with Crippen LogP contribution < -0.4 is 16.4 Å². The summed E-state index contributed by atoms with van der Waals surface area (Å²) < 4.78 is 2.99. The molecule has 0 saturated heterocycles. The van der Waals surface area contributed by atoms with Crippen LogP contribution in [0.25, 0.3) is 21.3 Å². The normalized spacial score (nSPS) is 11.0. The third-order valence-electron chi connectivity index (χ3n) is 5.11. The van der Waals surface area contributed by atoms with Crippen molar-refractivity contribution in [2.75, 3.05) is 5.32 Å². The van der Waals surface area contributed by atoms with Gasteiger partial charge in [0.05, 0.1) is 17.4 Å². The molecule has 0 aliphatic heterocycles. The Morgan fingerprint density at radius 2 is 1.87 bits per heavy atom. The highest BCUT2D eigenvalue weighted by molar-refractivity contribution is 7.17. The van der Waals surface area contributed by atoms with Gasteiger partial charge in [-0.15, -0.1) is 11.3 Å². The maximum absolute atomic E-state index is 13.1. The number of carbonyl (C=O) groups is 1. The Morgan fingerprint density at radius 1 is 1.10 bits per heavy atom. The van der Waals surface area contributed by atoms with Crippen molar-refractivity contribution in [1.82, 2.24) is 14.1 Å². The van der Waals surface area contributed by atoms with E-state index in [1.54, 1.807) is 12.3 Å². The molecule has 0 aliphatic rings. The summed E-state index contributed by atoms with van der Waals surface area (Å²) in [5, 5.41) is 5.30. The molecule has 158 valence electrons. The number of aromatic nitrogens is 3. The van der Waals surface area contributed by atoms with Crippen LogP contribution in [0.5, 0.6) is 0 Å². The summed E-state index contributed by atoms with van der Waals surface area (Å²) in [4.78, 5) is 42.3. The van der Waals surface area contributed by atoms with E-state index in [1.807, 2.05) is 43.5 Å². The standard InChI is InChI=1S/C23H22N4O3S/c1-3-26-12-17(8-9-20(26)29)25-19(28)10-11-27-14-24-22-21(23(27)30)18(13-31-22)16-6-4-15(2)5-7-16/h4-9,12-14H,3,10-11H2,1-2H3,(H,25,28). The number of fused-ring (bicyclic) bond motifs is 1. The molecule has 0 fully saturated rings. The van der Waals surface area contributed by atoms with Crippen molar-refractivity contribution < 1.29 is 4.79 Å². The minimum absolute atomic E-state index is 0.113. The van der Waals surface area contributed by atoms with Crippen molar-refractivity contribution >= 4 is 33.1 Å². The number of carbonyl (C=O) groups excluding carboxylic acids is 1. The van der Waals surface area contributed by atoms with Crippen LogP contribution in [0.1, 0.15) is 18.9 Å². The summed E-state index contributed by atoms with van der Waals surface area (Å²) in [6, 6.07) is 11.0. The van der Waals surface area contributed by atoms with E-state index in [0.717, 1.165) is 16.7 Å². The van der Waals surface area contributed by atoms with Gasteiger partial charge >= 0.3 is 0 Å². The number of benzene rings is 1. The molecule has 4 rings (SSSR count). The number of nitrogens with one attached hydrogen (secondary N) is 1. The van der Waals surface area contributed by atoms with Crippen LogP contribution in [0.3, 0.4) is 0 Å². The molecule has 0 unspecified atom stereocenters. The quantitative estimate of drug-likeness (QED) is 0.502. The molecule has 1 amide bonds. The first-order valence-electron chi connectivity index (χ1n) is 10.0. The van der Waals surface area contributed by atoms with Crippen LogP contribution in [-0.2, 0) is 17.9 Å². The Kier molecular flexibility index (Phi) is 5.81. The Hall–Kier alpha value is -3.52. The zero-order chi connectivity index (χ0) is 22.0. The van der Waals surface area contributed by atoms with Crippen LogP contribution in [0, 0.1) is 6.92 Å². The number of anilines is 1. The van der Waals surface area contributed by atoms with Crippen LogP contribution in [-0.4, -0.2) is 20.0 Å². The zero-order valence-corrected chi connectivity index (χ0v) is 18.1. The molecular weight excluding hydrogens is 412 g/mol. The molecule has 0 spiro atoms. The van der Waals surface area contributed by atoms with Gasteiger partial charge in [0.15, 0.2) is 0 Å². The highest BCUT2D eigenvalue weighted by Gasteiger charge is 2.14. The maximum Gasteiger partial charge on any atom is 0.262 e. The molecule has 0 saturated carbocycles. The monoisotopic (exact) mass is 434 g/mol. The Bertz CT molecular complexity index is 1370. The zero-order valence-electron chi connectivity index (χ0n) is 17.3. The molecule has 8 heteroatoms. The summed E-state index contributed by atoms with van der Waals surface area (Å²) in [5.41, 5.74) is 3.25. The van der Waals surface area contributed by atoms with Gasteiger partial charge in [-0.2, -0.15) is 0 Å². The molecule has 0 aliphatic carbocycles. The van der Waals surface area contributed by atoms with Gasteiger partial charge in [0, 0.05) is 42.7 Å². The van der Waals surface area contributed by atoms with E-state index >= 15 is 0 Å². The minimum atomic E-state index is -0.239. The molecule has 3 heterocycles. The Morgan fingerprint density at radius 3 is 2.61 bits per heavy atom. The van der Waals surface area contributed by atoms with Crippen molar-refractivity contribution in [3.05, 3.63) is 80.6 Å². The largest absolute Gasteiger partial charge is 0.325 e. The topological polar surface area (TPSA) is 86.0 Å². The Balaban J connectivity index is 1.54. The highest BCUT2D eigenvalue weighted by Crippen LogP contribution is 2.30. The van der Waals surface area contributed by atoms with E-state index in [2.05, 4.69) is 10.3 Å². The molecule has 3 aromatic heterocycles. The van der Waals surface area contributed by atoms with Crippen molar-refractivity contribution in [3.63, 3.8) is 0 Å². The Labute approximate surface area is 182 Å². The van der Waals surface area contributed by atoms with Crippen LogP contribution in [0.4, 0.5) is 5.69 Å². The van der Waals surface area contributed by atoms with Crippen molar-refractivity contribution in [3.8, 4) is 11.1 Å². The molecule has 0 radical (unpaired) electrons. The third kappa shape index (κ3) is 4.34. The minimum Gasteiger partial charge on any atom is -0.325 e. The van der Waals surface area contributed by atoms with Crippen molar-refractivity contribution in [2.24, 2.45) is 0 Å². The van der Waals surface area contributed by atoms with Crippen molar-refractivity contribution in [2.45, 2.75) is 33.4 Å². The van der Waals surface area contributed by atoms with Gasteiger partial charge in [0.1, 0.15) is 4.83 Å². The fourth-order valence-electron chi connectivity index (χ4n) is 3.37. The van der Waals surface area contributed by atoms with E-state index < -0.39 is 0 Å². The lowest BCUT2D eigenvalue weighted by atomic mass is 10.1. The number of hydrogen-bond acceptors (Lipinski definition) is 5. The summed E-state index contributed by atoms with van der Waals surface area (Å²) in [7, 11) is 0. The van der Waals surface area contributed by atoms with E-state index in [-0.39, 0.29) is 30.0 Å². The molecular formula is C23H22N4O3S. The molecule has 4 aromatic rings. The molecule has 7 nitrogen and oxygen atoms in total. The predicted octanol–water partition coefficient (Wildman–Crippen LogP) is 3.64. The van der Waals surface area contributed by atoms with Gasteiger partial charge in [-0.1, -0.05) is 29.8 Å². The van der Waals surface area contributed by atoms with Crippen molar-refractivity contribution in [1.29, 1.82) is 0 Å². The van der Waals surface area contributed by atoms with Crippen LogP contribution in [0.2, 0.25) is 0 Å². The molecule has 0 bridgehead atoms. The lowest BCUT2D eigenvalue weighted by Gasteiger charge is -2.09. The molecule has 31 heavy (non-hydrogen) atoms. The number of rotatable bonds is 6. The number of hydrogen-bond donors (Lipinski definition) is 1. The van der Waals surface area contributed by atoms with Gasteiger partial charge in [-0.25, -0.2) is 4.98 Å². The second kappa shape index (κ2) is 8.69. The first kappa shape index (κ1) is 20.7. The van der Waals surface area contributed by atoms with Gasteiger partial charge < -0.3 is 9.88 Å². The number of nitrogens with zero attached hydrogens (tertiary/aromatic N) is 3. The predicted molar refractivity (Wildman–Crippen MR) is 124 cm³/mol. The average Bonchev–Trinajstić information content (AvgIpc) is 3.20. The number of pyridine rings is 1. The second-order valence-electron chi connectivity index (χ2n) is 7.28. The second-order valence-corrected chi connectivity index (χ2v) is 8.14. The lowest BCUT2D eigenvalue weighted by molar-refractivity contribution is -0.116.